The smallest absolute Gasteiger partial charge is 0.238 e. The first-order valence-electron chi connectivity index (χ1n) is 5.13. The van der Waals surface area contributed by atoms with Crippen molar-refractivity contribution in [2.45, 2.75) is 25.2 Å². The van der Waals surface area contributed by atoms with E-state index < -0.39 is 15.9 Å². The van der Waals surface area contributed by atoms with Gasteiger partial charge in [-0.05, 0) is 31.5 Å². The number of hydrogen-bond acceptors (Lipinski definition) is 4. The molecule has 1 amide bonds. The fourth-order valence-corrected chi connectivity index (χ4v) is 2.22. The molecule has 0 aromatic heterocycles. The number of aryl methyl sites for hydroxylation is 1. The Labute approximate surface area is 105 Å². The number of nitrogens with two attached hydrogens (primary N) is 1. The second kappa shape index (κ2) is 5.28. The maximum absolute atomic E-state index is 11.4. The number of carbonyl (C=O) groups excluding carboxylic acids is 2. The Bertz CT molecular complexity index is 593. The summed E-state index contributed by atoms with van der Waals surface area (Å²) < 4.78 is 22.6. The van der Waals surface area contributed by atoms with Crippen LogP contribution in [0.2, 0.25) is 0 Å². The molecule has 0 saturated heterocycles. The molecule has 0 heterocycles. The van der Waals surface area contributed by atoms with Crippen LogP contribution in [0.25, 0.3) is 0 Å². The van der Waals surface area contributed by atoms with Crippen LogP contribution in [-0.2, 0) is 19.6 Å². The fourth-order valence-electron chi connectivity index (χ4n) is 1.42. The zero-order chi connectivity index (χ0) is 13.9. The predicted molar refractivity (Wildman–Crippen MR) is 66.5 cm³/mol. The van der Waals surface area contributed by atoms with Crippen molar-refractivity contribution in [1.82, 2.24) is 0 Å². The highest BCUT2D eigenvalue weighted by Gasteiger charge is 2.13. The minimum atomic E-state index is -3.83. The van der Waals surface area contributed by atoms with Gasteiger partial charge in [-0.15, -0.1) is 0 Å². The lowest BCUT2D eigenvalue weighted by molar-refractivity contribution is -0.124. The maximum atomic E-state index is 11.4. The standard InChI is InChI=1S/C11H14N2O4S/c1-7-3-4-9(6-10(7)18(12,16)17)13-11(15)5-8(2)14/h3-4,6H,5H2,1-2H3,(H,13,15)(H2,12,16,17). The number of hydrogen-bond donors (Lipinski definition) is 2. The van der Waals surface area contributed by atoms with Gasteiger partial charge >= 0.3 is 0 Å². The van der Waals surface area contributed by atoms with E-state index in [1.54, 1.807) is 13.0 Å². The molecule has 3 N–H and O–H groups in total. The number of carbonyl (C=O) groups is 2. The van der Waals surface area contributed by atoms with Gasteiger partial charge in [-0.3, -0.25) is 9.59 Å². The SMILES string of the molecule is CC(=O)CC(=O)Nc1ccc(C)c(S(N)(=O)=O)c1. The molecule has 0 unspecified atom stereocenters. The van der Waals surface area contributed by atoms with E-state index >= 15 is 0 Å². The molecule has 0 aliphatic heterocycles. The number of primary sulfonamides is 1. The lowest BCUT2D eigenvalue weighted by Gasteiger charge is -2.08. The third kappa shape index (κ3) is 3.94. The second-order valence-corrected chi connectivity index (χ2v) is 5.48. The van der Waals surface area contributed by atoms with E-state index in [4.69, 9.17) is 5.14 Å². The summed E-state index contributed by atoms with van der Waals surface area (Å²) in [6.07, 6.45) is -0.251. The Morgan fingerprint density at radius 3 is 2.44 bits per heavy atom. The monoisotopic (exact) mass is 270 g/mol. The molecule has 0 spiro atoms. The van der Waals surface area contributed by atoms with Gasteiger partial charge in [0.25, 0.3) is 0 Å². The molecule has 0 aliphatic carbocycles. The molecule has 6 nitrogen and oxygen atoms in total. The number of anilines is 1. The lowest BCUT2D eigenvalue weighted by atomic mass is 10.2. The van der Waals surface area contributed by atoms with E-state index in [0.717, 1.165) is 0 Å². The number of ketones is 1. The van der Waals surface area contributed by atoms with Gasteiger partial charge in [-0.1, -0.05) is 6.07 Å². The molecule has 7 heteroatoms. The Balaban J connectivity index is 3.00. The number of amides is 1. The number of nitrogens with one attached hydrogen (secondary N) is 1. The molecule has 0 aliphatic rings. The van der Waals surface area contributed by atoms with Gasteiger partial charge in [0.05, 0.1) is 11.3 Å². The van der Waals surface area contributed by atoms with Crippen molar-refractivity contribution in [2.24, 2.45) is 5.14 Å². The average Bonchev–Trinajstić information content (AvgIpc) is 2.17. The summed E-state index contributed by atoms with van der Waals surface area (Å²) in [5.41, 5.74) is 0.776. The van der Waals surface area contributed by atoms with Crippen LogP contribution >= 0.6 is 0 Å². The molecule has 1 aromatic rings. The van der Waals surface area contributed by atoms with E-state index in [2.05, 4.69) is 5.32 Å². The van der Waals surface area contributed by atoms with Crippen molar-refractivity contribution in [3.05, 3.63) is 23.8 Å². The van der Waals surface area contributed by atoms with Crippen LogP contribution in [-0.4, -0.2) is 20.1 Å². The highest BCUT2D eigenvalue weighted by atomic mass is 32.2. The minimum absolute atomic E-state index is 0.0527. The molecule has 1 aromatic carbocycles. The fraction of sp³-hybridized carbons (Fsp3) is 0.273. The normalized spacial score (nSPS) is 11.1. The van der Waals surface area contributed by atoms with E-state index in [1.807, 2.05) is 0 Å². The van der Waals surface area contributed by atoms with Crippen molar-refractivity contribution >= 4 is 27.4 Å². The Morgan fingerprint density at radius 2 is 1.94 bits per heavy atom. The van der Waals surface area contributed by atoms with Crippen molar-refractivity contribution in [3.8, 4) is 0 Å². The second-order valence-electron chi connectivity index (χ2n) is 3.95. The summed E-state index contributed by atoms with van der Waals surface area (Å²) in [6, 6.07) is 4.34. The highest BCUT2D eigenvalue weighted by Crippen LogP contribution is 2.19. The molecular formula is C11H14N2O4S. The van der Waals surface area contributed by atoms with Crippen LogP contribution in [0.3, 0.4) is 0 Å². The van der Waals surface area contributed by atoms with Gasteiger partial charge in [0.1, 0.15) is 5.78 Å². The zero-order valence-electron chi connectivity index (χ0n) is 10.1. The summed E-state index contributed by atoms with van der Waals surface area (Å²) in [5.74, 6) is -0.766. The zero-order valence-corrected chi connectivity index (χ0v) is 10.9. The first-order valence-corrected chi connectivity index (χ1v) is 6.67. The first kappa shape index (κ1) is 14.3. The van der Waals surface area contributed by atoms with Crippen molar-refractivity contribution < 1.29 is 18.0 Å². The quantitative estimate of drug-likeness (QED) is 0.779. The molecule has 1 rings (SSSR count). The van der Waals surface area contributed by atoms with Crippen molar-refractivity contribution in [1.29, 1.82) is 0 Å². The first-order chi connectivity index (χ1) is 8.20. The number of Topliss-reactive ketones (excluding diaryl/α,β-unsaturated/α-hetero) is 1. The van der Waals surface area contributed by atoms with Gasteiger partial charge in [0.2, 0.25) is 15.9 Å². The topological polar surface area (TPSA) is 106 Å². The summed E-state index contributed by atoms with van der Waals surface area (Å²) in [5, 5.41) is 7.48. The van der Waals surface area contributed by atoms with Crippen molar-refractivity contribution in [3.63, 3.8) is 0 Å². The number of sulfonamides is 1. The van der Waals surface area contributed by atoms with Gasteiger partial charge in [0.15, 0.2) is 0 Å². The van der Waals surface area contributed by atoms with Crippen LogP contribution in [0.15, 0.2) is 23.1 Å². The molecular weight excluding hydrogens is 256 g/mol. The molecule has 0 saturated carbocycles. The third-order valence-electron chi connectivity index (χ3n) is 2.19. The average molecular weight is 270 g/mol. The maximum Gasteiger partial charge on any atom is 0.238 e. The summed E-state index contributed by atoms with van der Waals surface area (Å²) in [7, 11) is -3.83. The van der Waals surface area contributed by atoms with Crippen LogP contribution in [0.4, 0.5) is 5.69 Å². The largest absolute Gasteiger partial charge is 0.326 e. The predicted octanol–water partition coefficient (Wildman–Crippen LogP) is 0.560. The molecule has 0 bridgehead atoms. The Kier molecular flexibility index (Phi) is 4.20. The summed E-state index contributed by atoms with van der Waals surface area (Å²) in [4.78, 5) is 22.1. The van der Waals surface area contributed by atoms with Crippen LogP contribution < -0.4 is 10.5 Å². The van der Waals surface area contributed by atoms with Gasteiger partial charge in [-0.2, -0.15) is 0 Å². The highest BCUT2D eigenvalue weighted by molar-refractivity contribution is 7.89. The minimum Gasteiger partial charge on any atom is -0.326 e. The van der Waals surface area contributed by atoms with E-state index in [9.17, 15) is 18.0 Å². The Hall–Kier alpha value is -1.73. The molecule has 18 heavy (non-hydrogen) atoms. The molecule has 0 radical (unpaired) electrons. The van der Waals surface area contributed by atoms with Gasteiger partial charge < -0.3 is 5.32 Å². The Morgan fingerprint density at radius 1 is 1.33 bits per heavy atom. The lowest BCUT2D eigenvalue weighted by Crippen LogP contribution is -2.17. The van der Waals surface area contributed by atoms with Gasteiger partial charge in [0, 0.05) is 5.69 Å². The number of rotatable bonds is 4. The summed E-state index contributed by atoms with van der Waals surface area (Å²) >= 11 is 0. The summed E-state index contributed by atoms with van der Waals surface area (Å²) in [6.45, 7) is 2.89. The number of benzene rings is 1. The molecule has 0 fully saturated rings. The third-order valence-corrected chi connectivity index (χ3v) is 3.24. The van der Waals surface area contributed by atoms with E-state index in [0.29, 0.717) is 5.56 Å². The van der Waals surface area contributed by atoms with E-state index in [-0.39, 0.29) is 22.8 Å². The van der Waals surface area contributed by atoms with Crippen molar-refractivity contribution in [2.75, 3.05) is 5.32 Å². The van der Waals surface area contributed by atoms with E-state index in [1.165, 1.54) is 19.1 Å². The molecule has 0 atom stereocenters. The van der Waals surface area contributed by atoms with Crippen LogP contribution in [0.5, 0.6) is 0 Å². The van der Waals surface area contributed by atoms with Gasteiger partial charge in [-0.25, -0.2) is 13.6 Å². The van der Waals surface area contributed by atoms with Crippen LogP contribution in [0.1, 0.15) is 18.9 Å². The van der Waals surface area contributed by atoms with Crippen LogP contribution in [0, 0.1) is 6.92 Å². The molecule has 98 valence electrons.